The number of carboxylic acid groups (broad SMARTS) is 1. The Labute approximate surface area is 122 Å². The van der Waals surface area contributed by atoms with Crippen LogP contribution in [0.25, 0.3) is 0 Å². The van der Waals surface area contributed by atoms with Crippen LogP contribution >= 0.6 is 11.8 Å². The molecule has 2 rings (SSSR count). The third kappa shape index (κ3) is 3.74. The highest BCUT2D eigenvalue weighted by atomic mass is 32.2. The lowest BCUT2D eigenvalue weighted by atomic mass is 10.3. The van der Waals surface area contributed by atoms with Gasteiger partial charge in [-0.25, -0.2) is 13.1 Å². The first-order chi connectivity index (χ1) is 9.44. The van der Waals surface area contributed by atoms with Crippen molar-refractivity contribution in [1.29, 1.82) is 0 Å². The quantitative estimate of drug-likeness (QED) is 0.753. The lowest BCUT2D eigenvalue weighted by Gasteiger charge is -2.14. The van der Waals surface area contributed by atoms with Gasteiger partial charge in [0.25, 0.3) is 0 Å². The molecule has 0 spiro atoms. The number of carbonyl (C=O) groups is 1. The summed E-state index contributed by atoms with van der Waals surface area (Å²) in [7, 11) is -3.57. The molecule has 1 aromatic rings. The summed E-state index contributed by atoms with van der Waals surface area (Å²) in [6.07, 6.45) is 2.16. The standard InChI is InChI=1S/C13H17NO4S2/c1-2-10(13(15)16)19-11-5-3-4-6-12(11)20(17,18)14-9-7-8-9/h3-6,9-10,14H,2,7-8H2,1H3,(H,15,16). The van der Waals surface area contributed by atoms with Crippen molar-refractivity contribution < 1.29 is 18.3 Å². The van der Waals surface area contributed by atoms with Crippen molar-refractivity contribution in [3.8, 4) is 0 Å². The van der Waals surface area contributed by atoms with Crippen LogP contribution in [0.2, 0.25) is 0 Å². The number of rotatable bonds is 7. The summed E-state index contributed by atoms with van der Waals surface area (Å²) in [5.41, 5.74) is 0. The van der Waals surface area contributed by atoms with Crippen LogP contribution in [-0.4, -0.2) is 30.8 Å². The van der Waals surface area contributed by atoms with Gasteiger partial charge in [0.15, 0.2) is 0 Å². The molecule has 1 aliphatic carbocycles. The van der Waals surface area contributed by atoms with Crippen molar-refractivity contribution in [3.05, 3.63) is 24.3 Å². The minimum absolute atomic E-state index is 0.0273. The van der Waals surface area contributed by atoms with Crippen molar-refractivity contribution >= 4 is 27.8 Å². The highest BCUT2D eigenvalue weighted by Gasteiger charge is 2.30. The Bertz CT molecular complexity index is 596. The van der Waals surface area contributed by atoms with E-state index in [1.54, 1.807) is 25.1 Å². The Hall–Kier alpha value is -1.05. The highest BCUT2D eigenvalue weighted by Crippen LogP contribution is 2.32. The number of nitrogens with one attached hydrogen (secondary N) is 1. The summed E-state index contributed by atoms with van der Waals surface area (Å²) in [6.45, 7) is 1.77. The summed E-state index contributed by atoms with van der Waals surface area (Å²) < 4.78 is 27.2. The molecule has 0 amide bonds. The summed E-state index contributed by atoms with van der Waals surface area (Å²) in [4.78, 5) is 11.7. The second-order valence-corrected chi connectivity index (χ2v) is 7.62. The molecule has 110 valence electrons. The van der Waals surface area contributed by atoms with Crippen LogP contribution in [0.5, 0.6) is 0 Å². The fourth-order valence-electron chi connectivity index (χ4n) is 1.72. The second-order valence-electron chi connectivity index (χ2n) is 4.70. The van der Waals surface area contributed by atoms with Crippen molar-refractivity contribution in [2.45, 2.75) is 47.3 Å². The molecule has 5 nitrogen and oxygen atoms in total. The van der Waals surface area contributed by atoms with E-state index in [1.807, 2.05) is 0 Å². The predicted octanol–water partition coefficient (Wildman–Crippen LogP) is 2.08. The first kappa shape index (κ1) is 15.3. The molecule has 0 aliphatic heterocycles. The molecule has 1 aliphatic rings. The van der Waals surface area contributed by atoms with Crippen LogP contribution in [0.3, 0.4) is 0 Å². The molecule has 1 unspecified atom stereocenters. The van der Waals surface area contributed by atoms with E-state index in [4.69, 9.17) is 5.11 Å². The normalized spacial score (nSPS) is 16.9. The molecule has 20 heavy (non-hydrogen) atoms. The maximum atomic E-state index is 12.3. The third-order valence-electron chi connectivity index (χ3n) is 2.95. The second kappa shape index (κ2) is 6.15. The Morgan fingerprint density at radius 3 is 2.65 bits per heavy atom. The summed E-state index contributed by atoms with van der Waals surface area (Å²) >= 11 is 1.08. The van der Waals surface area contributed by atoms with E-state index in [0.717, 1.165) is 24.6 Å². The molecule has 0 heterocycles. The fourth-order valence-corrected chi connectivity index (χ4v) is 4.50. The average Bonchev–Trinajstić information content (AvgIpc) is 3.19. The molecule has 1 atom stereocenters. The van der Waals surface area contributed by atoms with Crippen molar-refractivity contribution in [2.75, 3.05) is 0 Å². The smallest absolute Gasteiger partial charge is 0.316 e. The number of hydrogen-bond donors (Lipinski definition) is 2. The highest BCUT2D eigenvalue weighted by molar-refractivity contribution is 8.01. The number of hydrogen-bond acceptors (Lipinski definition) is 4. The van der Waals surface area contributed by atoms with E-state index in [-0.39, 0.29) is 10.9 Å². The molecule has 2 N–H and O–H groups in total. The molecule has 0 radical (unpaired) electrons. The molecular formula is C13H17NO4S2. The van der Waals surface area contributed by atoms with Crippen LogP contribution in [0.15, 0.2) is 34.1 Å². The number of thioether (sulfide) groups is 1. The van der Waals surface area contributed by atoms with Gasteiger partial charge in [0, 0.05) is 10.9 Å². The zero-order chi connectivity index (χ0) is 14.8. The molecule has 0 saturated heterocycles. The minimum Gasteiger partial charge on any atom is -0.480 e. The summed E-state index contributed by atoms with van der Waals surface area (Å²) in [5.74, 6) is -0.931. The number of carboxylic acids is 1. The van der Waals surface area contributed by atoms with Gasteiger partial charge < -0.3 is 5.11 Å². The Morgan fingerprint density at radius 1 is 1.45 bits per heavy atom. The molecular weight excluding hydrogens is 298 g/mol. The average molecular weight is 315 g/mol. The van der Waals surface area contributed by atoms with Crippen LogP contribution in [-0.2, 0) is 14.8 Å². The molecule has 1 saturated carbocycles. The van der Waals surface area contributed by atoms with Gasteiger partial charge in [0.05, 0.1) is 4.90 Å². The minimum atomic E-state index is -3.57. The molecule has 1 fully saturated rings. The number of sulfonamides is 1. The maximum absolute atomic E-state index is 12.3. The van der Waals surface area contributed by atoms with Gasteiger partial charge in [-0.1, -0.05) is 19.1 Å². The van der Waals surface area contributed by atoms with E-state index in [1.165, 1.54) is 6.07 Å². The van der Waals surface area contributed by atoms with Gasteiger partial charge in [-0.15, -0.1) is 11.8 Å². The topological polar surface area (TPSA) is 83.5 Å². The lowest BCUT2D eigenvalue weighted by molar-refractivity contribution is -0.136. The van der Waals surface area contributed by atoms with Gasteiger partial charge >= 0.3 is 5.97 Å². The monoisotopic (exact) mass is 315 g/mol. The van der Waals surface area contributed by atoms with Gasteiger partial charge in [-0.05, 0) is 31.4 Å². The zero-order valence-corrected chi connectivity index (χ0v) is 12.7. The van der Waals surface area contributed by atoms with E-state index in [9.17, 15) is 13.2 Å². The first-order valence-corrected chi connectivity index (χ1v) is 8.81. The predicted molar refractivity (Wildman–Crippen MR) is 77.4 cm³/mol. The largest absolute Gasteiger partial charge is 0.480 e. The number of benzene rings is 1. The Morgan fingerprint density at radius 2 is 2.10 bits per heavy atom. The molecule has 7 heteroatoms. The van der Waals surface area contributed by atoms with Crippen molar-refractivity contribution in [2.24, 2.45) is 0 Å². The van der Waals surface area contributed by atoms with Gasteiger partial charge in [-0.3, -0.25) is 4.79 Å². The molecule has 0 aromatic heterocycles. The Balaban J connectivity index is 2.27. The lowest BCUT2D eigenvalue weighted by Crippen LogP contribution is -2.26. The van der Waals surface area contributed by atoms with Crippen LogP contribution < -0.4 is 4.72 Å². The first-order valence-electron chi connectivity index (χ1n) is 6.45. The van der Waals surface area contributed by atoms with E-state index in [2.05, 4.69) is 4.72 Å². The van der Waals surface area contributed by atoms with E-state index in [0.29, 0.717) is 11.3 Å². The van der Waals surface area contributed by atoms with Crippen LogP contribution in [0.1, 0.15) is 26.2 Å². The summed E-state index contributed by atoms with van der Waals surface area (Å²) in [5, 5.41) is 8.45. The van der Waals surface area contributed by atoms with E-state index < -0.39 is 21.2 Å². The van der Waals surface area contributed by atoms with Crippen LogP contribution in [0.4, 0.5) is 0 Å². The van der Waals surface area contributed by atoms with E-state index >= 15 is 0 Å². The summed E-state index contributed by atoms with van der Waals surface area (Å²) in [6, 6.07) is 6.55. The van der Waals surface area contributed by atoms with Gasteiger partial charge in [0.2, 0.25) is 10.0 Å². The Kier molecular flexibility index (Phi) is 4.72. The van der Waals surface area contributed by atoms with Crippen molar-refractivity contribution in [3.63, 3.8) is 0 Å². The SMILES string of the molecule is CCC(Sc1ccccc1S(=O)(=O)NC1CC1)C(=O)O. The molecule has 1 aromatic carbocycles. The van der Waals surface area contributed by atoms with Gasteiger partial charge in [-0.2, -0.15) is 0 Å². The zero-order valence-electron chi connectivity index (χ0n) is 11.1. The molecule has 0 bridgehead atoms. The van der Waals surface area contributed by atoms with Gasteiger partial charge in [0.1, 0.15) is 5.25 Å². The van der Waals surface area contributed by atoms with Crippen molar-refractivity contribution in [1.82, 2.24) is 4.72 Å². The maximum Gasteiger partial charge on any atom is 0.316 e. The van der Waals surface area contributed by atoms with Crippen LogP contribution in [0, 0.1) is 0 Å². The fraction of sp³-hybridized carbons (Fsp3) is 0.462. The third-order valence-corrected chi connectivity index (χ3v) is 6.09. The number of aliphatic carboxylic acids is 1.